The molecule has 0 aromatic carbocycles. The fourth-order valence-electron chi connectivity index (χ4n) is 0.892. The Labute approximate surface area is 90.9 Å². The van der Waals surface area contributed by atoms with E-state index in [1.807, 2.05) is 0 Å². The van der Waals surface area contributed by atoms with Crippen LogP contribution >= 0.6 is 12.6 Å². The summed E-state index contributed by atoms with van der Waals surface area (Å²) in [6.45, 7) is 6.61. The van der Waals surface area contributed by atoms with Crippen LogP contribution in [0.4, 0.5) is 0 Å². The summed E-state index contributed by atoms with van der Waals surface area (Å²) in [4.78, 5) is 0. The van der Waals surface area contributed by atoms with Gasteiger partial charge in [0.1, 0.15) is 0 Å². The van der Waals surface area contributed by atoms with Crippen molar-refractivity contribution in [1.82, 2.24) is 0 Å². The minimum Gasteiger partial charge on any atom is -0.179 e. The van der Waals surface area contributed by atoms with Crippen LogP contribution < -0.4 is 0 Å². The van der Waals surface area contributed by atoms with Gasteiger partial charge in [-0.3, -0.25) is 0 Å². The Kier molecular flexibility index (Phi) is 22.1. The first kappa shape index (κ1) is 15.8. The van der Waals surface area contributed by atoms with Gasteiger partial charge in [0.15, 0.2) is 0 Å². The molecule has 0 radical (unpaired) electrons. The third kappa shape index (κ3) is 24.5. The van der Waals surface area contributed by atoms with E-state index < -0.39 is 0 Å². The molecule has 0 aliphatic heterocycles. The van der Waals surface area contributed by atoms with Gasteiger partial charge >= 0.3 is 0 Å². The van der Waals surface area contributed by atoms with Crippen molar-refractivity contribution < 1.29 is 0 Å². The van der Waals surface area contributed by atoms with Crippen LogP contribution in [0.15, 0.2) is 0 Å². The van der Waals surface area contributed by atoms with Crippen LogP contribution in [0.3, 0.4) is 0 Å². The van der Waals surface area contributed by atoms with Crippen LogP contribution in [0.25, 0.3) is 0 Å². The molecule has 1 heteroatoms. The summed E-state index contributed by atoms with van der Waals surface area (Å²) in [6, 6.07) is 0. The van der Waals surface area contributed by atoms with E-state index in [9.17, 15) is 0 Å². The molecule has 13 heavy (non-hydrogen) atoms. The molecular weight excluding hydrogens is 176 g/mol. The van der Waals surface area contributed by atoms with Gasteiger partial charge in [-0.1, -0.05) is 65.7 Å². The average Bonchev–Trinajstić information content (AvgIpc) is 2.18. The van der Waals surface area contributed by atoms with E-state index >= 15 is 0 Å². The molecular formula is C12H28S. The van der Waals surface area contributed by atoms with Gasteiger partial charge in [0.2, 0.25) is 0 Å². The molecule has 0 amide bonds. The van der Waals surface area contributed by atoms with Crippen molar-refractivity contribution in [2.75, 3.05) is 5.75 Å². The van der Waals surface area contributed by atoms with Gasteiger partial charge in [0, 0.05) is 0 Å². The van der Waals surface area contributed by atoms with Gasteiger partial charge in [-0.25, -0.2) is 0 Å². The molecule has 0 atom stereocenters. The molecule has 0 bridgehead atoms. The number of hydrogen-bond donors (Lipinski definition) is 1. The molecule has 0 aliphatic rings. The van der Waals surface area contributed by atoms with Gasteiger partial charge in [0.05, 0.1) is 0 Å². The lowest BCUT2D eigenvalue weighted by Gasteiger charge is -1.95. The van der Waals surface area contributed by atoms with Gasteiger partial charge in [-0.05, 0) is 12.2 Å². The Bertz CT molecular complexity index is 54.1. The Morgan fingerprint density at radius 1 is 0.615 bits per heavy atom. The van der Waals surface area contributed by atoms with Crippen molar-refractivity contribution in [2.45, 2.75) is 72.1 Å². The molecule has 0 fully saturated rings. The third-order valence-corrected chi connectivity index (χ3v) is 2.33. The van der Waals surface area contributed by atoms with Crippen molar-refractivity contribution in [3.63, 3.8) is 0 Å². The highest BCUT2D eigenvalue weighted by Crippen LogP contribution is 2.04. The maximum atomic E-state index is 4.15. The topological polar surface area (TPSA) is 0 Å². The van der Waals surface area contributed by atoms with Gasteiger partial charge in [-0.2, -0.15) is 12.6 Å². The predicted molar refractivity (Wildman–Crippen MR) is 67.8 cm³/mol. The lowest BCUT2D eigenvalue weighted by atomic mass is 10.1. The lowest BCUT2D eigenvalue weighted by molar-refractivity contribution is 0.627. The molecule has 82 valence electrons. The van der Waals surface area contributed by atoms with E-state index in [1.54, 1.807) is 0 Å². The van der Waals surface area contributed by atoms with Crippen LogP contribution in [-0.4, -0.2) is 5.75 Å². The van der Waals surface area contributed by atoms with Gasteiger partial charge in [-0.15, -0.1) is 0 Å². The summed E-state index contributed by atoms with van der Waals surface area (Å²) in [5.41, 5.74) is 0. The Balaban J connectivity index is 0. The van der Waals surface area contributed by atoms with Crippen LogP contribution in [-0.2, 0) is 0 Å². The molecule has 0 aromatic rings. The quantitative estimate of drug-likeness (QED) is 0.434. The van der Waals surface area contributed by atoms with Crippen molar-refractivity contribution >= 4 is 12.6 Å². The summed E-state index contributed by atoms with van der Waals surface area (Å²) >= 11 is 4.15. The molecule has 0 aliphatic carbocycles. The highest BCUT2D eigenvalue weighted by Gasteiger charge is 1.86. The van der Waals surface area contributed by atoms with Crippen molar-refractivity contribution in [3.8, 4) is 0 Å². The number of thiol groups is 1. The summed E-state index contributed by atoms with van der Waals surface area (Å²) < 4.78 is 0. The molecule has 0 aromatic heterocycles. The standard InChI is InChI=1S/C8H18S.C4H10/c1-2-3-4-5-6-7-8-9;1-3-4-2/h9H,2-8H2,1H3;3-4H2,1-2H3. The number of rotatable bonds is 7. The van der Waals surface area contributed by atoms with Crippen LogP contribution in [0.1, 0.15) is 72.1 Å². The monoisotopic (exact) mass is 204 g/mol. The van der Waals surface area contributed by atoms with Gasteiger partial charge < -0.3 is 0 Å². The zero-order chi connectivity index (χ0) is 10.4. The van der Waals surface area contributed by atoms with E-state index in [0.29, 0.717) is 0 Å². The van der Waals surface area contributed by atoms with Crippen LogP contribution in [0, 0.1) is 0 Å². The van der Waals surface area contributed by atoms with Crippen molar-refractivity contribution in [3.05, 3.63) is 0 Å². The highest BCUT2D eigenvalue weighted by atomic mass is 32.1. The van der Waals surface area contributed by atoms with Crippen molar-refractivity contribution in [2.24, 2.45) is 0 Å². The second-order valence-corrected chi connectivity index (χ2v) is 3.94. The number of unbranched alkanes of at least 4 members (excludes halogenated alkanes) is 6. The fraction of sp³-hybridized carbons (Fsp3) is 1.00. The van der Waals surface area contributed by atoms with E-state index in [1.165, 1.54) is 51.4 Å². The Morgan fingerprint density at radius 2 is 1.08 bits per heavy atom. The summed E-state index contributed by atoms with van der Waals surface area (Å²) in [5, 5.41) is 0. The second-order valence-electron chi connectivity index (χ2n) is 3.49. The largest absolute Gasteiger partial charge is 0.179 e. The highest BCUT2D eigenvalue weighted by molar-refractivity contribution is 7.80. The minimum absolute atomic E-state index is 1.06. The zero-order valence-corrected chi connectivity index (χ0v) is 10.7. The second kappa shape index (κ2) is 18.2. The maximum Gasteiger partial charge on any atom is -0.00979 e. The first-order valence-electron chi connectivity index (χ1n) is 5.94. The zero-order valence-electron chi connectivity index (χ0n) is 9.81. The maximum absolute atomic E-state index is 4.15. The average molecular weight is 204 g/mol. The smallest absolute Gasteiger partial charge is 0.00979 e. The molecule has 0 spiro atoms. The van der Waals surface area contributed by atoms with E-state index in [4.69, 9.17) is 0 Å². The summed E-state index contributed by atoms with van der Waals surface area (Å²) in [7, 11) is 0. The molecule has 0 saturated heterocycles. The van der Waals surface area contributed by atoms with E-state index in [2.05, 4.69) is 33.4 Å². The molecule has 0 saturated carbocycles. The molecule has 0 nitrogen and oxygen atoms in total. The Morgan fingerprint density at radius 3 is 1.46 bits per heavy atom. The van der Waals surface area contributed by atoms with Gasteiger partial charge in [0.25, 0.3) is 0 Å². The van der Waals surface area contributed by atoms with Crippen LogP contribution in [0.2, 0.25) is 0 Å². The summed E-state index contributed by atoms with van der Waals surface area (Å²) in [6.07, 6.45) is 10.9. The van der Waals surface area contributed by atoms with E-state index in [0.717, 1.165) is 5.75 Å². The lowest BCUT2D eigenvalue weighted by Crippen LogP contribution is -1.78. The summed E-state index contributed by atoms with van der Waals surface area (Å²) in [5.74, 6) is 1.06. The minimum atomic E-state index is 1.06. The van der Waals surface area contributed by atoms with Crippen LogP contribution in [0.5, 0.6) is 0 Å². The van der Waals surface area contributed by atoms with Crippen molar-refractivity contribution in [1.29, 1.82) is 0 Å². The normalized spacial score (nSPS) is 9.23. The molecule has 0 N–H and O–H groups in total. The fourth-order valence-corrected chi connectivity index (χ4v) is 1.12. The van der Waals surface area contributed by atoms with E-state index in [-0.39, 0.29) is 0 Å². The SMILES string of the molecule is CCCC.CCCCCCCCS. The molecule has 0 unspecified atom stereocenters. The molecule has 0 heterocycles. The number of hydrogen-bond acceptors (Lipinski definition) is 1. The third-order valence-electron chi connectivity index (χ3n) is 2.01. The predicted octanol–water partition coefficient (Wildman–Crippen LogP) is 5.08. The first-order chi connectivity index (χ1) is 6.33. The molecule has 0 rings (SSSR count). The Hall–Kier alpha value is 0.350. The first-order valence-corrected chi connectivity index (χ1v) is 6.57.